The Balaban J connectivity index is 1.14. The van der Waals surface area contributed by atoms with Gasteiger partial charge in [-0.1, -0.05) is 134 Å². The summed E-state index contributed by atoms with van der Waals surface area (Å²) in [5.41, 5.74) is 12.9. The smallest absolute Gasteiger partial charge is 0.136 e. The third-order valence-corrected chi connectivity index (χ3v) is 14.4. The highest BCUT2D eigenvalue weighted by Crippen LogP contribution is 2.43. The summed E-state index contributed by atoms with van der Waals surface area (Å²) in [7, 11) is -2.05. The van der Waals surface area contributed by atoms with Crippen LogP contribution in [0.4, 0.5) is 17.1 Å². The lowest BCUT2D eigenvalue weighted by molar-refractivity contribution is 0.669. The largest absolute Gasteiger partial charge is 0.456 e. The quantitative estimate of drug-likeness (QED) is 0.170. The summed E-state index contributed by atoms with van der Waals surface area (Å²) in [5, 5.41) is 7.88. The molecular weight excluding hydrogens is 635 g/mol. The summed E-state index contributed by atoms with van der Waals surface area (Å²) in [5.74, 6) is 0. The second kappa shape index (κ2) is 11.4. The van der Waals surface area contributed by atoms with Crippen LogP contribution in [0.3, 0.4) is 0 Å². The third-order valence-electron chi connectivity index (χ3n) is 10.8. The molecule has 2 heterocycles. The molecule has 51 heavy (non-hydrogen) atoms. The van der Waals surface area contributed by atoms with Gasteiger partial charge in [-0.05, 0) is 109 Å². The van der Waals surface area contributed by atoms with Crippen molar-refractivity contribution in [1.82, 2.24) is 0 Å². The molecule has 0 spiro atoms. The first-order valence-corrected chi connectivity index (χ1v) is 20.7. The van der Waals surface area contributed by atoms with Crippen molar-refractivity contribution >= 4 is 68.2 Å². The van der Waals surface area contributed by atoms with Crippen molar-refractivity contribution in [3.63, 3.8) is 0 Å². The number of hydrogen-bond acceptors (Lipinski definition) is 2. The Kier molecular flexibility index (Phi) is 6.67. The predicted molar refractivity (Wildman–Crippen MR) is 219 cm³/mol. The third kappa shape index (κ3) is 4.77. The van der Waals surface area contributed by atoms with Crippen LogP contribution < -0.4 is 15.3 Å². The Morgan fingerprint density at radius 2 is 1.10 bits per heavy atom. The fourth-order valence-electron chi connectivity index (χ4n) is 8.24. The molecule has 0 unspecified atom stereocenters. The van der Waals surface area contributed by atoms with Crippen molar-refractivity contribution in [3.05, 3.63) is 176 Å². The molecule has 0 bridgehead atoms. The monoisotopic (exact) mass is 669 g/mol. The van der Waals surface area contributed by atoms with Crippen molar-refractivity contribution in [2.24, 2.45) is 0 Å². The highest BCUT2D eigenvalue weighted by Gasteiger charge is 2.39. The zero-order chi connectivity index (χ0) is 34.1. The molecule has 8 aromatic carbocycles. The minimum Gasteiger partial charge on any atom is -0.456 e. The maximum absolute atomic E-state index is 6.36. The summed E-state index contributed by atoms with van der Waals surface area (Å²) in [6.07, 6.45) is 0. The first-order chi connectivity index (χ1) is 25.0. The van der Waals surface area contributed by atoms with Gasteiger partial charge in [0, 0.05) is 27.8 Å². The van der Waals surface area contributed by atoms with E-state index < -0.39 is 8.07 Å². The molecule has 2 nitrogen and oxygen atoms in total. The Labute approximate surface area is 298 Å². The van der Waals surface area contributed by atoms with E-state index in [0.717, 1.165) is 22.5 Å². The standard InChI is InChI=1S/C48H35NOSi/c1-51(2)45-28-27-44-47(41-17-8-9-18-43(41)50-44)48(45)42-26-25-40(31-46(42)51)49(38-23-21-34(22-24-38)32-11-4-3-5-12-32)39-16-10-15-36(30-39)37-20-19-33-13-6-7-14-35(33)29-37/h3-31H,1-2H3. The van der Waals surface area contributed by atoms with Crippen molar-refractivity contribution in [3.8, 4) is 33.4 Å². The fourth-order valence-corrected chi connectivity index (χ4v) is 11.3. The van der Waals surface area contributed by atoms with E-state index >= 15 is 0 Å². The van der Waals surface area contributed by atoms with Crippen molar-refractivity contribution in [2.75, 3.05) is 4.90 Å². The van der Waals surface area contributed by atoms with Gasteiger partial charge >= 0.3 is 0 Å². The summed E-state index contributed by atoms with van der Waals surface area (Å²) in [6, 6.07) is 64.1. The number of furan rings is 1. The second-order valence-corrected chi connectivity index (χ2v) is 18.5. The van der Waals surface area contributed by atoms with Crippen LogP contribution in [0.1, 0.15) is 0 Å². The number of rotatable bonds is 5. The molecule has 1 aliphatic rings. The van der Waals surface area contributed by atoms with Gasteiger partial charge < -0.3 is 9.32 Å². The lowest BCUT2D eigenvalue weighted by Gasteiger charge is -2.28. The second-order valence-electron chi connectivity index (χ2n) is 14.2. The molecular formula is C48H35NOSi. The maximum atomic E-state index is 6.36. The van der Waals surface area contributed by atoms with Gasteiger partial charge in [0.15, 0.2) is 0 Å². The van der Waals surface area contributed by atoms with Gasteiger partial charge in [-0.2, -0.15) is 0 Å². The average molecular weight is 670 g/mol. The van der Waals surface area contributed by atoms with Crippen LogP contribution >= 0.6 is 0 Å². The highest BCUT2D eigenvalue weighted by molar-refractivity contribution is 7.04. The Hall–Kier alpha value is -6.16. The van der Waals surface area contributed by atoms with E-state index in [1.54, 1.807) is 0 Å². The van der Waals surface area contributed by atoms with Crippen LogP contribution in [-0.2, 0) is 0 Å². The molecule has 1 aliphatic heterocycles. The first-order valence-electron chi connectivity index (χ1n) is 17.7. The Bertz CT molecular complexity index is 2780. The summed E-state index contributed by atoms with van der Waals surface area (Å²) in [6.45, 7) is 4.99. The molecule has 9 aromatic rings. The van der Waals surface area contributed by atoms with Crippen LogP contribution in [0, 0.1) is 0 Å². The molecule has 3 heteroatoms. The molecule has 0 fully saturated rings. The molecule has 0 aliphatic carbocycles. The zero-order valence-corrected chi connectivity index (χ0v) is 29.6. The number of anilines is 3. The van der Waals surface area contributed by atoms with Crippen LogP contribution in [-0.4, -0.2) is 8.07 Å². The van der Waals surface area contributed by atoms with E-state index in [-0.39, 0.29) is 0 Å². The molecule has 1 aromatic heterocycles. The van der Waals surface area contributed by atoms with Crippen molar-refractivity contribution in [2.45, 2.75) is 13.1 Å². The summed E-state index contributed by atoms with van der Waals surface area (Å²) in [4.78, 5) is 2.43. The summed E-state index contributed by atoms with van der Waals surface area (Å²) >= 11 is 0. The zero-order valence-electron chi connectivity index (χ0n) is 28.6. The van der Waals surface area contributed by atoms with Crippen LogP contribution in [0.2, 0.25) is 13.1 Å². The van der Waals surface area contributed by atoms with E-state index in [1.165, 1.54) is 71.0 Å². The van der Waals surface area contributed by atoms with Gasteiger partial charge in [0.2, 0.25) is 0 Å². The molecule has 0 N–H and O–H groups in total. The number of para-hydroxylation sites is 1. The molecule has 242 valence electrons. The molecule has 0 saturated carbocycles. The number of hydrogen-bond donors (Lipinski definition) is 0. The Morgan fingerprint density at radius 1 is 0.431 bits per heavy atom. The normalized spacial score (nSPS) is 13.1. The number of fused-ring (bicyclic) bond motifs is 8. The van der Waals surface area contributed by atoms with E-state index in [2.05, 4.69) is 194 Å². The Morgan fingerprint density at radius 3 is 1.96 bits per heavy atom. The highest BCUT2D eigenvalue weighted by atomic mass is 28.3. The van der Waals surface area contributed by atoms with Crippen LogP contribution in [0.15, 0.2) is 180 Å². The average Bonchev–Trinajstić information content (AvgIpc) is 3.67. The summed E-state index contributed by atoms with van der Waals surface area (Å²) < 4.78 is 6.36. The number of nitrogens with zero attached hydrogens (tertiary/aromatic N) is 1. The molecule has 0 radical (unpaired) electrons. The topological polar surface area (TPSA) is 16.4 Å². The van der Waals surface area contributed by atoms with E-state index in [4.69, 9.17) is 4.42 Å². The maximum Gasteiger partial charge on any atom is 0.136 e. The van der Waals surface area contributed by atoms with Gasteiger partial charge in [-0.3, -0.25) is 0 Å². The van der Waals surface area contributed by atoms with Crippen LogP contribution in [0.5, 0.6) is 0 Å². The van der Waals surface area contributed by atoms with E-state index in [1.807, 2.05) is 0 Å². The molecule has 0 saturated heterocycles. The van der Waals surface area contributed by atoms with Gasteiger partial charge in [0.05, 0.1) is 0 Å². The number of benzene rings is 8. The van der Waals surface area contributed by atoms with Crippen LogP contribution in [0.25, 0.3) is 66.1 Å². The van der Waals surface area contributed by atoms with Gasteiger partial charge in [-0.15, -0.1) is 0 Å². The van der Waals surface area contributed by atoms with Gasteiger partial charge in [0.25, 0.3) is 0 Å². The van der Waals surface area contributed by atoms with Crippen molar-refractivity contribution < 1.29 is 4.42 Å². The lowest BCUT2D eigenvalue weighted by atomic mass is 9.98. The lowest BCUT2D eigenvalue weighted by Crippen LogP contribution is -2.49. The van der Waals surface area contributed by atoms with E-state index in [9.17, 15) is 0 Å². The SMILES string of the molecule is C[Si]1(C)c2cc(N(c3ccc(-c4ccccc4)cc3)c3cccc(-c4ccc5ccccc5c4)c3)ccc2-c2c1ccc1oc3ccccc3c21. The fraction of sp³-hybridized carbons (Fsp3) is 0.0417. The van der Waals surface area contributed by atoms with Crippen molar-refractivity contribution in [1.29, 1.82) is 0 Å². The van der Waals surface area contributed by atoms with Gasteiger partial charge in [-0.25, -0.2) is 0 Å². The first kappa shape index (κ1) is 29.7. The molecule has 10 rings (SSSR count). The predicted octanol–water partition coefficient (Wildman–Crippen LogP) is 12.3. The minimum absolute atomic E-state index is 0.946. The molecule has 0 amide bonds. The molecule has 0 atom stereocenters. The van der Waals surface area contributed by atoms with Gasteiger partial charge in [0.1, 0.15) is 19.2 Å². The van der Waals surface area contributed by atoms with E-state index in [0.29, 0.717) is 0 Å². The minimum atomic E-state index is -2.05.